The molecule has 17 heavy (non-hydrogen) atoms. The minimum atomic E-state index is -0.0220. The highest BCUT2D eigenvalue weighted by molar-refractivity contribution is 5.73. The van der Waals surface area contributed by atoms with Crippen LogP contribution in [0.5, 0.6) is 0 Å². The normalized spacial score (nSPS) is 17.1. The van der Waals surface area contributed by atoms with E-state index >= 15 is 0 Å². The van der Waals surface area contributed by atoms with E-state index in [0.29, 0.717) is 17.8 Å². The third-order valence-electron chi connectivity index (χ3n) is 2.67. The van der Waals surface area contributed by atoms with Crippen LogP contribution in [0.2, 0.25) is 0 Å². The number of aromatic amines is 1. The minimum absolute atomic E-state index is 0.0220. The van der Waals surface area contributed by atoms with Crippen LogP contribution in [0.1, 0.15) is 23.3 Å². The van der Waals surface area contributed by atoms with Crippen LogP contribution < -0.4 is 5.32 Å². The molecule has 1 aliphatic rings. The summed E-state index contributed by atoms with van der Waals surface area (Å²) in [5, 5.41) is 18.0. The Labute approximate surface area is 101 Å². The van der Waals surface area contributed by atoms with E-state index in [1.54, 1.807) is 13.1 Å². The second-order valence-corrected chi connectivity index (χ2v) is 4.11. The van der Waals surface area contributed by atoms with Crippen molar-refractivity contribution in [3.05, 3.63) is 11.8 Å². The number of hydrogen-bond donors (Lipinski definition) is 3. The van der Waals surface area contributed by atoms with Gasteiger partial charge in [-0.2, -0.15) is 5.10 Å². The van der Waals surface area contributed by atoms with Crippen LogP contribution >= 0.6 is 0 Å². The Morgan fingerprint density at radius 2 is 2.24 bits per heavy atom. The van der Waals surface area contributed by atoms with Gasteiger partial charge in [0.1, 0.15) is 5.82 Å². The molecule has 0 bridgehead atoms. The van der Waals surface area contributed by atoms with Crippen LogP contribution in [0.15, 0.2) is 6.07 Å². The SMILES string of the molecule is CN1CCC(O)CC1.CNc1cc(C=O)[nH]n1. The highest BCUT2D eigenvalue weighted by atomic mass is 16.3. The molecule has 0 aliphatic carbocycles. The summed E-state index contributed by atoms with van der Waals surface area (Å²) < 4.78 is 0. The van der Waals surface area contributed by atoms with Gasteiger partial charge in [0.15, 0.2) is 6.29 Å². The molecule has 1 saturated heterocycles. The number of carbonyl (C=O) groups is 1. The van der Waals surface area contributed by atoms with Crippen LogP contribution in [-0.4, -0.2) is 59.8 Å². The quantitative estimate of drug-likeness (QED) is 0.649. The summed E-state index contributed by atoms with van der Waals surface area (Å²) in [7, 11) is 3.83. The summed E-state index contributed by atoms with van der Waals surface area (Å²) >= 11 is 0. The van der Waals surface area contributed by atoms with Crippen LogP contribution in [-0.2, 0) is 0 Å². The highest BCUT2D eigenvalue weighted by Crippen LogP contribution is 2.06. The van der Waals surface area contributed by atoms with Gasteiger partial charge < -0.3 is 15.3 Å². The number of piperidine rings is 1. The van der Waals surface area contributed by atoms with Crippen LogP contribution in [0.4, 0.5) is 5.82 Å². The van der Waals surface area contributed by atoms with Gasteiger partial charge in [-0.3, -0.25) is 9.89 Å². The Balaban J connectivity index is 0.000000171. The number of nitrogens with one attached hydrogen (secondary N) is 2. The molecule has 0 atom stereocenters. The molecule has 0 radical (unpaired) electrons. The van der Waals surface area contributed by atoms with E-state index in [-0.39, 0.29) is 6.10 Å². The molecule has 1 aliphatic heterocycles. The van der Waals surface area contributed by atoms with E-state index in [2.05, 4.69) is 27.5 Å². The average molecular weight is 240 g/mol. The molecule has 1 aromatic heterocycles. The molecule has 1 fully saturated rings. The first kappa shape index (κ1) is 13.7. The van der Waals surface area contributed by atoms with Gasteiger partial charge in [0.25, 0.3) is 0 Å². The number of likely N-dealkylation sites (tertiary alicyclic amines) is 1. The number of carbonyl (C=O) groups excluding carboxylic acids is 1. The lowest BCUT2D eigenvalue weighted by Gasteiger charge is -2.25. The standard InChI is InChI=1S/C6H13NO.C5H7N3O/c1-7-4-2-6(8)3-5-7;1-6-5-2-4(3-9)7-8-5/h6,8H,2-5H2,1H3;2-3H,1H3,(H2,6,7,8). The van der Waals surface area contributed by atoms with Crippen molar-refractivity contribution in [2.75, 3.05) is 32.5 Å². The number of nitrogens with zero attached hydrogens (tertiary/aromatic N) is 2. The maximum Gasteiger partial charge on any atom is 0.167 e. The maximum absolute atomic E-state index is 10.0. The molecular formula is C11H20N4O2. The van der Waals surface area contributed by atoms with Crippen molar-refractivity contribution in [3.63, 3.8) is 0 Å². The van der Waals surface area contributed by atoms with Gasteiger partial charge in [0, 0.05) is 26.2 Å². The molecule has 0 spiro atoms. The van der Waals surface area contributed by atoms with Gasteiger partial charge >= 0.3 is 0 Å². The number of aromatic nitrogens is 2. The number of aldehydes is 1. The molecule has 0 amide bonds. The number of hydrogen-bond acceptors (Lipinski definition) is 5. The fourth-order valence-electron chi connectivity index (χ4n) is 1.52. The van der Waals surface area contributed by atoms with E-state index in [0.717, 1.165) is 25.9 Å². The maximum atomic E-state index is 10.0. The van der Waals surface area contributed by atoms with Crippen LogP contribution in [0.25, 0.3) is 0 Å². The van der Waals surface area contributed by atoms with Gasteiger partial charge in [-0.25, -0.2) is 0 Å². The Hall–Kier alpha value is -1.40. The Bertz CT molecular complexity index is 322. The summed E-state index contributed by atoms with van der Waals surface area (Å²) in [5.41, 5.74) is 0.486. The lowest BCUT2D eigenvalue weighted by Crippen LogP contribution is -2.32. The number of rotatable bonds is 2. The molecule has 6 nitrogen and oxygen atoms in total. The molecule has 2 heterocycles. The van der Waals surface area contributed by atoms with Crippen LogP contribution in [0, 0.1) is 0 Å². The zero-order chi connectivity index (χ0) is 12.7. The van der Waals surface area contributed by atoms with Crippen molar-refractivity contribution in [1.82, 2.24) is 15.1 Å². The highest BCUT2D eigenvalue weighted by Gasteiger charge is 2.12. The summed E-state index contributed by atoms with van der Waals surface area (Å²) in [5.74, 6) is 0.678. The van der Waals surface area contributed by atoms with Gasteiger partial charge in [0.2, 0.25) is 0 Å². The van der Waals surface area contributed by atoms with E-state index in [1.807, 2.05) is 0 Å². The molecule has 6 heteroatoms. The molecule has 1 aromatic rings. The lowest BCUT2D eigenvalue weighted by molar-refractivity contribution is 0.0942. The monoisotopic (exact) mass is 240 g/mol. The number of aliphatic hydroxyl groups is 1. The van der Waals surface area contributed by atoms with Gasteiger partial charge in [-0.15, -0.1) is 0 Å². The summed E-state index contributed by atoms with van der Waals surface area (Å²) in [4.78, 5) is 12.3. The topological polar surface area (TPSA) is 81.2 Å². The van der Waals surface area contributed by atoms with Gasteiger partial charge in [-0.1, -0.05) is 0 Å². The van der Waals surface area contributed by atoms with Crippen molar-refractivity contribution in [2.24, 2.45) is 0 Å². The first-order valence-electron chi connectivity index (χ1n) is 5.70. The molecule has 0 unspecified atom stereocenters. The minimum Gasteiger partial charge on any atom is -0.393 e. The molecule has 0 saturated carbocycles. The first-order chi connectivity index (χ1) is 8.15. The zero-order valence-corrected chi connectivity index (χ0v) is 10.3. The third-order valence-corrected chi connectivity index (χ3v) is 2.67. The Morgan fingerprint density at radius 3 is 2.59 bits per heavy atom. The lowest BCUT2D eigenvalue weighted by atomic mass is 10.1. The number of H-pyrrole nitrogens is 1. The van der Waals surface area contributed by atoms with Crippen molar-refractivity contribution in [3.8, 4) is 0 Å². The molecule has 3 N–H and O–H groups in total. The van der Waals surface area contributed by atoms with E-state index < -0.39 is 0 Å². The summed E-state index contributed by atoms with van der Waals surface area (Å²) in [6.07, 6.45) is 2.60. The molecule has 96 valence electrons. The van der Waals surface area contributed by atoms with Crippen LogP contribution in [0.3, 0.4) is 0 Å². The van der Waals surface area contributed by atoms with E-state index in [4.69, 9.17) is 5.11 Å². The molecule has 0 aromatic carbocycles. The summed E-state index contributed by atoms with van der Waals surface area (Å²) in [6.45, 7) is 2.11. The van der Waals surface area contributed by atoms with Crippen molar-refractivity contribution >= 4 is 12.1 Å². The fourth-order valence-corrected chi connectivity index (χ4v) is 1.52. The predicted octanol–water partition coefficient (Wildman–Crippen LogP) is 0.337. The van der Waals surface area contributed by atoms with Crippen molar-refractivity contribution in [2.45, 2.75) is 18.9 Å². The van der Waals surface area contributed by atoms with Crippen molar-refractivity contribution in [1.29, 1.82) is 0 Å². The van der Waals surface area contributed by atoms with Gasteiger partial charge in [-0.05, 0) is 19.9 Å². The third kappa shape index (κ3) is 4.97. The molecular weight excluding hydrogens is 220 g/mol. The number of anilines is 1. The second kappa shape index (κ2) is 7.03. The first-order valence-corrected chi connectivity index (χ1v) is 5.70. The van der Waals surface area contributed by atoms with E-state index in [1.165, 1.54) is 0 Å². The Kier molecular flexibility index (Phi) is 5.65. The van der Waals surface area contributed by atoms with E-state index in [9.17, 15) is 4.79 Å². The number of aliphatic hydroxyl groups excluding tert-OH is 1. The second-order valence-electron chi connectivity index (χ2n) is 4.11. The summed E-state index contributed by atoms with van der Waals surface area (Å²) in [6, 6.07) is 1.63. The largest absolute Gasteiger partial charge is 0.393 e. The fraction of sp³-hybridized carbons (Fsp3) is 0.636. The Morgan fingerprint density at radius 1 is 1.59 bits per heavy atom. The smallest absolute Gasteiger partial charge is 0.167 e. The van der Waals surface area contributed by atoms with Gasteiger partial charge in [0.05, 0.1) is 11.8 Å². The molecule has 2 rings (SSSR count). The zero-order valence-electron chi connectivity index (χ0n) is 10.3. The predicted molar refractivity (Wildman–Crippen MR) is 66.3 cm³/mol. The average Bonchev–Trinajstić information content (AvgIpc) is 2.82. The van der Waals surface area contributed by atoms with Crippen molar-refractivity contribution < 1.29 is 9.90 Å².